The van der Waals surface area contributed by atoms with Crippen LogP contribution in [0.2, 0.25) is 0 Å². The first-order valence-corrected chi connectivity index (χ1v) is 6.53. The molecule has 6 heteroatoms. The lowest BCUT2D eigenvalue weighted by Crippen LogP contribution is -2.26. The Bertz CT molecular complexity index is 450. The van der Waals surface area contributed by atoms with Crippen LogP contribution in [0.5, 0.6) is 5.75 Å². The number of halogens is 3. The summed E-state index contributed by atoms with van der Waals surface area (Å²) in [6.45, 7) is 2.60. The Morgan fingerprint density at radius 1 is 1.40 bits per heavy atom. The molecule has 0 radical (unpaired) electrons. The molecule has 0 amide bonds. The summed E-state index contributed by atoms with van der Waals surface area (Å²) < 4.78 is 46.2. The van der Waals surface area contributed by atoms with Gasteiger partial charge in [-0.1, -0.05) is 12.1 Å². The quantitative estimate of drug-likeness (QED) is 0.922. The van der Waals surface area contributed by atoms with Crippen molar-refractivity contribution in [2.45, 2.75) is 31.9 Å². The summed E-state index contributed by atoms with van der Waals surface area (Å²) in [5, 5.41) is 3.15. The molecule has 0 aromatic heterocycles. The summed E-state index contributed by atoms with van der Waals surface area (Å²) in [5.74, 6) is 0.0540. The maximum absolute atomic E-state index is 12.3. The largest absolute Gasteiger partial charge is 0.573 e. The first-order chi connectivity index (χ1) is 9.39. The monoisotopic (exact) mass is 289 g/mol. The Hall–Kier alpha value is -1.27. The smallest absolute Gasteiger partial charge is 0.406 e. The van der Waals surface area contributed by atoms with E-state index >= 15 is 0 Å². The first kappa shape index (κ1) is 15.1. The van der Waals surface area contributed by atoms with Crippen LogP contribution in [0.1, 0.15) is 24.9 Å². The maximum atomic E-state index is 12.3. The van der Waals surface area contributed by atoms with E-state index in [1.165, 1.54) is 12.1 Å². The summed E-state index contributed by atoms with van der Waals surface area (Å²) in [4.78, 5) is 0. The molecule has 1 aromatic rings. The number of hydrogen-bond acceptors (Lipinski definition) is 3. The van der Waals surface area contributed by atoms with Gasteiger partial charge in [0, 0.05) is 12.0 Å². The molecule has 1 saturated heterocycles. The molecule has 0 aliphatic carbocycles. The molecule has 3 nitrogen and oxygen atoms in total. The van der Waals surface area contributed by atoms with Crippen LogP contribution >= 0.6 is 0 Å². The molecule has 3 unspecified atom stereocenters. The van der Waals surface area contributed by atoms with Gasteiger partial charge in [0.2, 0.25) is 0 Å². The van der Waals surface area contributed by atoms with Gasteiger partial charge in [-0.05, 0) is 38.1 Å². The SMILES string of the molecule is CNC(c1cccc(OC(F)(F)F)c1)C1COC(C)C1. The lowest BCUT2D eigenvalue weighted by atomic mass is 9.91. The van der Waals surface area contributed by atoms with Crippen LogP contribution in [0.15, 0.2) is 24.3 Å². The van der Waals surface area contributed by atoms with E-state index in [0.717, 1.165) is 12.0 Å². The number of alkyl halides is 3. The molecular formula is C14H18F3NO2. The van der Waals surface area contributed by atoms with Gasteiger partial charge in [0.05, 0.1) is 12.7 Å². The van der Waals surface area contributed by atoms with Crippen LogP contribution in [0.4, 0.5) is 13.2 Å². The molecule has 3 atom stereocenters. The van der Waals surface area contributed by atoms with Crippen LogP contribution in [0.25, 0.3) is 0 Å². The van der Waals surface area contributed by atoms with Gasteiger partial charge in [-0.3, -0.25) is 0 Å². The molecular weight excluding hydrogens is 271 g/mol. The summed E-state index contributed by atoms with van der Waals surface area (Å²) in [5.41, 5.74) is 0.775. The predicted molar refractivity (Wildman–Crippen MR) is 68.4 cm³/mol. The van der Waals surface area contributed by atoms with E-state index in [2.05, 4.69) is 10.1 Å². The molecule has 20 heavy (non-hydrogen) atoms. The fourth-order valence-electron chi connectivity index (χ4n) is 2.66. The average molecular weight is 289 g/mol. The fourth-order valence-corrected chi connectivity index (χ4v) is 2.66. The Kier molecular flexibility index (Phi) is 4.55. The summed E-state index contributed by atoms with van der Waals surface area (Å²) >= 11 is 0. The van der Waals surface area contributed by atoms with E-state index in [-0.39, 0.29) is 23.8 Å². The number of hydrogen-bond donors (Lipinski definition) is 1. The van der Waals surface area contributed by atoms with Crippen molar-refractivity contribution < 1.29 is 22.6 Å². The van der Waals surface area contributed by atoms with E-state index in [0.29, 0.717) is 6.61 Å². The normalized spacial score (nSPS) is 24.6. The minimum absolute atomic E-state index is 0.0447. The van der Waals surface area contributed by atoms with Crippen molar-refractivity contribution in [2.75, 3.05) is 13.7 Å². The van der Waals surface area contributed by atoms with Crippen LogP contribution in [0.3, 0.4) is 0 Å². The minimum Gasteiger partial charge on any atom is -0.406 e. The Morgan fingerprint density at radius 2 is 2.15 bits per heavy atom. The van der Waals surface area contributed by atoms with Crippen LogP contribution in [-0.4, -0.2) is 26.1 Å². The van der Waals surface area contributed by atoms with Gasteiger partial charge < -0.3 is 14.8 Å². The molecule has 1 aliphatic rings. The second-order valence-electron chi connectivity index (χ2n) is 5.03. The van der Waals surface area contributed by atoms with Crippen molar-refractivity contribution in [3.63, 3.8) is 0 Å². The molecule has 0 saturated carbocycles. The van der Waals surface area contributed by atoms with Crippen molar-refractivity contribution in [3.05, 3.63) is 29.8 Å². The van der Waals surface area contributed by atoms with Gasteiger partial charge >= 0.3 is 6.36 Å². The van der Waals surface area contributed by atoms with Crippen LogP contribution in [-0.2, 0) is 4.74 Å². The highest BCUT2D eigenvalue weighted by atomic mass is 19.4. The molecule has 2 rings (SSSR count). The maximum Gasteiger partial charge on any atom is 0.573 e. The van der Waals surface area contributed by atoms with E-state index in [9.17, 15) is 13.2 Å². The predicted octanol–water partition coefficient (Wildman–Crippen LogP) is 3.27. The summed E-state index contributed by atoms with van der Waals surface area (Å²) in [7, 11) is 1.80. The molecule has 1 heterocycles. The lowest BCUT2D eigenvalue weighted by molar-refractivity contribution is -0.274. The summed E-state index contributed by atoms with van der Waals surface area (Å²) in [6, 6.07) is 6.06. The van der Waals surface area contributed by atoms with Crippen LogP contribution < -0.4 is 10.1 Å². The minimum atomic E-state index is -4.67. The third-order valence-corrected chi connectivity index (χ3v) is 3.46. The van der Waals surface area contributed by atoms with Gasteiger partial charge in [0.25, 0.3) is 0 Å². The second kappa shape index (κ2) is 6.01. The number of nitrogens with one attached hydrogen (secondary N) is 1. The average Bonchev–Trinajstić information content (AvgIpc) is 2.75. The lowest BCUT2D eigenvalue weighted by Gasteiger charge is -2.23. The van der Waals surface area contributed by atoms with Crippen molar-refractivity contribution in [3.8, 4) is 5.75 Å². The Balaban J connectivity index is 2.15. The Morgan fingerprint density at radius 3 is 2.70 bits per heavy atom. The van der Waals surface area contributed by atoms with Gasteiger partial charge in [-0.15, -0.1) is 13.2 Å². The summed E-state index contributed by atoms with van der Waals surface area (Å²) in [6.07, 6.45) is -3.60. The van der Waals surface area contributed by atoms with E-state index in [4.69, 9.17) is 4.74 Å². The molecule has 1 aromatic carbocycles. The van der Waals surface area contributed by atoms with Gasteiger partial charge in [-0.2, -0.15) is 0 Å². The zero-order valence-corrected chi connectivity index (χ0v) is 11.4. The highest BCUT2D eigenvalue weighted by molar-refractivity contribution is 5.31. The third-order valence-electron chi connectivity index (χ3n) is 3.46. The highest BCUT2D eigenvalue weighted by Gasteiger charge is 2.32. The Labute approximate surface area is 116 Å². The molecule has 1 aliphatic heterocycles. The van der Waals surface area contributed by atoms with Gasteiger partial charge in [-0.25, -0.2) is 0 Å². The van der Waals surface area contributed by atoms with Crippen molar-refractivity contribution in [2.24, 2.45) is 5.92 Å². The molecule has 1 fully saturated rings. The van der Waals surface area contributed by atoms with E-state index in [1.54, 1.807) is 19.2 Å². The third kappa shape index (κ3) is 3.86. The molecule has 0 bridgehead atoms. The van der Waals surface area contributed by atoms with Crippen LogP contribution in [0, 0.1) is 5.92 Å². The number of rotatable bonds is 4. The van der Waals surface area contributed by atoms with Crippen molar-refractivity contribution in [1.82, 2.24) is 5.32 Å². The molecule has 1 N–H and O–H groups in total. The fraction of sp³-hybridized carbons (Fsp3) is 0.571. The zero-order valence-electron chi connectivity index (χ0n) is 11.4. The second-order valence-corrected chi connectivity index (χ2v) is 5.03. The van der Waals surface area contributed by atoms with Gasteiger partial charge in [0.15, 0.2) is 0 Å². The van der Waals surface area contributed by atoms with Crippen molar-refractivity contribution in [1.29, 1.82) is 0 Å². The standard InChI is InChI=1S/C14H18F3NO2/c1-9-6-11(8-19-9)13(18-2)10-4-3-5-12(7-10)20-14(15,16)17/h3-5,7,9,11,13,18H,6,8H2,1-2H3. The van der Waals surface area contributed by atoms with Gasteiger partial charge in [0.1, 0.15) is 5.75 Å². The topological polar surface area (TPSA) is 30.5 Å². The van der Waals surface area contributed by atoms with E-state index < -0.39 is 6.36 Å². The molecule has 112 valence electrons. The number of ether oxygens (including phenoxy) is 2. The highest BCUT2D eigenvalue weighted by Crippen LogP contribution is 2.33. The van der Waals surface area contributed by atoms with Crippen molar-refractivity contribution >= 4 is 0 Å². The first-order valence-electron chi connectivity index (χ1n) is 6.53. The molecule has 0 spiro atoms. The van der Waals surface area contributed by atoms with E-state index in [1.807, 2.05) is 6.92 Å². The zero-order chi connectivity index (χ0) is 14.8. The number of benzene rings is 1.